The number of anilines is 1. The van der Waals surface area contributed by atoms with Crippen molar-refractivity contribution < 1.29 is 4.74 Å². The topological polar surface area (TPSA) is 78.3 Å². The molecule has 3 rings (SSSR count). The summed E-state index contributed by atoms with van der Waals surface area (Å²) in [5.74, 6) is 1.64. The van der Waals surface area contributed by atoms with E-state index in [0.717, 1.165) is 10.2 Å². The van der Waals surface area contributed by atoms with Crippen LogP contribution in [0, 0.1) is 6.92 Å². The maximum Gasteiger partial charge on any atom is 0.255 e. The Bertz CT molecular complexity index is 755. The van der Waals surface area contributed by atoms with Gasteiger partial charge in [-0.1, -0.05) is 0 Å². The molecule has 0 aliphatic carbocycles. The summed E-state index contributed by atoms with van der Waals surface area (Å²) in [5, 5.41) is 4.08. The van der Waals surface area contributed by atoms with Crippen LogP contribution in [0.15, 0.2) is 35.1 Å². The number of benzene rings is 1. The Hall–Kier alpha value is -2.15. The monoisotopic (exact) mass is 319 g/mol. The van der Waals surface area contributed by atoms with Crippen molar-refractivity contribution in [3.8, 4) is 11.6 Å². The quantitative estimate of drug-likeness (QED) is 0.734. The third-order valence-corrected chi connectivity index (χ3v) is 3.17. The van der Waals surface area contributed by atoms with E-state index >= 15 is 0 Å². The number of nitrogen functional groups attached to an aromatic ring is 1. The maximum absolute atomic E-state index is 5.84. The number of aromatic nitrogens is 4. The number of nitrogens with zero attached hydrogens (tertiary/aromatic N) is 4. The number of hydrogen-bond acceptors (Lipinski definition) is 5. The first-order valence-electron chi connectivity index (χ1n) is 5.54. The molecule has 0 aliphatic rings. The van der Waals surface area contributed by atoms with Crippen LogP contribution in [0.1, 0.15) is 5.69 Å². The number of ether oxygens (including phenoxy) is 1. The molecule has 0 radical (unpaired) electrons. The molecule has 7 heteroatoms. The molecule has 1 aromatic carbocycles. The fourth-order valence-electron chi connectivity index (χ4n) is 1.68. The fraction of sp³-hybridized carbons (Fsp3) is 0.0833. The highest BCUT2D eigenvalue weighted by atomic mass is 79.9. The normalized spacial score (nSPS) is 10.8. The molecule has 0 aliphatic heterocycles. The summed E-state index contributed by atoms with van der Waals surface area (Å²) in [7, 11) is 0. The van der Waals surface area contributed by atoms with Gasteiger partial charge >= 0.3 is 0 Å². The van der Waals surface area contributed by atoms with E-state index in [0.29, 0.717) is 23.1 Å². The average Bonchev–Trinajstić information content (AvgIpc) is 2.82. The summed E-state index contributed by atoms with van der Waals surface area (Å²) in [6.45, 7) is 1.87. The molecule has 96 valence electrons. The molecule has 0 fully saturated rings. The van der Waals surface area contributed by atoms with Crippen molar-refractivity contribution in [3.63, 3.8) is 0 Å². The van der Waals surface area contributed by atoms with Gasteiger partial charge in [0.05, 0.1) is 4.47 Å². The molecule has 6 nitrogen and oxygen atoms in total. The number of halogens is 1. The maximum atomic E-state index is 5.84. The van der Waals surface area contributed by atoms with Crippen LogP contribution in [-0.4, -0.2) is 19.6 Å². The standard InChI is InChI=1S/C12H10BrN5O/c1-7-4-11(18-12(17-7)15-6-16-18)19-10-5-8(14)2-3-9(10)13/h2-6H,14H2,1H3. The van der Waals surface area contributed by atoms with E-state index in [1.807, 2.05) is 13.0 Å². The van der Waals surface area contributed by atoms with Crippen molar-refractivity contribution in [2.45, 2.75) is 6.92 Å². The van der Waals surface area contributed by atoms with Crippen molar-refractivity contribution in [2.24, 2.45) is 0 Å². The van der Waals surface area contributed by atoms with E-state index in [-0.39, 0.29) is 0 Å². The van der Waals surface area contributed by atoms with Crippen molar-refractivity contribution >= 4 is 27.4 Å². The summed E-state index contributed by atoms with van der Waals surface area (Å²) < 4.78 is 8.18. The summed E-state index contributed by atoms with van der Waals surface area (Å²) in [4.78, 5) is 8.30. The Morgan fingerprint density at radius 3 is 3.00 bits per heavy atom. The van der Waals surface area contributed by atoms with E-state index in [2.05, 4.69) is 31.0 Å². The predicted octanol–water partition coefficient (Wildman–Crippen LogP) is 2.57. The molecule has 19 heavy (non-hydrogen) atoms. The average molecular weight is 320 g/mol. The number of hydrogen-bond donors (Lipinski definition) is 1. The highest BCUT2D eigenvalue weighted by molar-refractivity contribution is 9.10. The molecule has 3 aromatic rings. The van der Waals surface area contributed by atoms with Gasteiger partial charge in [-0.25, -0.2) is 4.98 Å². The second kappa shape index (κ2) is 4.51. The first-order chi connectivity index (χ1) is 9.13. The second-order valence-corrected chi connectivity index (χ2v) is 4.85. The molecule has 2 heterocycles. The number of rotatable bonds is 2. The molecule has 0 atom stereocenters. The Kier molecular flexibility index (Phi) is 2.83. The van der Waals surface area contributed by atoms with Gasteiger partial charge in [-0.15, -0.1) is 0 Å². The van der Waals surface area contributed by atoms with Gasteiger partial charge < -0.3 is 10.5 Å². The number of fused-ring (bicyclic) bond motifs is 1. The van der Waals surface area contributed by atoms with Gasteiger partial charge in [0.2, 0.25) is 5.88 Å². The minimum Gasteiger partial charge on any atom is -0.438 e. The Morgan fingerprint density at radius 2 is 2.16 bits per heavy atom. The summed E-state index contributed by atoms with van der Waals surface area (Å²) in [5.41, 5.74) is 7.18. The summed E-state index contributed by atoms with van der Waals surface area (Å²) >= 11 is 3.42. The van der Waals surface area contributed by atoms with Gasteiger partial charge in [0.25, 0.3) is 5.78 Å². The molecular formula is C12H10BrN5O. The second-order valence-electron chi connectivity index (χ2n) is 4.00. The summed E-state index contributed by atoms with van der Waals surface area (Å²) in [6.07, 6.45) is 1.43. The van der Waals surface area contributed by atoms with E-state index in [9.17, 15) is 0 Å². The van der Waals surface area contributed by atoms with Gasteiger partial charge in [0, 0.05) is 23.5 Å². The zero-order chi connectivity index (χ0) is 13.4. The number of nitrogens with two attached hydrogens (primary N) is 1. The van der Waals surface area contributed by atoms with Crippen LogP contribution in [0.2, 0.25) is 0 Å². The highest BCUT2D eigenvalue weighted by Crippen LogP contribution is 2.31. The molecule has 0 unspecified atom stereocenters. The Balaban J connectivity index is 2.10. The zero-order valence-corrected chi connectivity index (χ0v) is 11.6. The minimum absolute atomic E-state index is 0.495. The van der Waals surface area contributed by atoms with Crippen LogP contribution in [0.5, 0.6) is 11.6 Å². The lowest BCUT2D eigenvalue weighted by Gasteiger charge is -2.09. The first-order valence-corrected chi connectivity index (χ1v) is 6.33. The minimum atomic E-state index is 0.495. The molecule has 2 aromatic heterocycles. The third-order valence-electron chi connectivity index (χ3n) is 2.52. The van der Waals surface area contributed by atoms with Crippen LogP contribution in [-0.2, 0) is 0 Å². The largest absolute Gasteiger partial charge is 0.438 e. The van der Waals surface area contributed by atoms with Crippen LogP contribution in [0.25, 0.3) is 5.78 Å². The SMILES string of the molecule is Cc1cc(Oc2cc(N)ccc2Br)n2ncnc2n1. The van der Waals surface area contributed by atoms with Crippen molar-refractivity contribution in [1.29, 1.82) is 0 Å². The molecular weight excluding hydrogens is 310 g/mol. The van der Waals surface area contributed by atoms with Gasteiger partial charge in [0.15, 0.2) is 0 Å². The van der Waals surface area contributed by atoms with Gasteiger partial charge in [-0.3, -0.25) is 0 Å². The van der Waals surface area contributed by atoms with Gasteiger partial charge in [-0.2, -0.15) is 14.6 Å². The van der Waals surface area contributed by atoms with E-state index in [1.165, 1.54) is 10.8 Å². The van der Waals surface area contributed by atoms with E-state index in [1.54, 1.807) is 18.2 Å². The number of aryl methyl sites for hydroxylation is 1. The van der Waals surface area contributed by atoms with Crippen LogP contribution in [0.3, 0.4) is 0 Å². The highest BCUT2D eigenvalue weighted by Gasteiger charge is 2.10. The lowest BCUT2D eigenvalue weighted by Crippen LogP contribution is -2.00. The fourth-order valence-corrected chi connectivity index (χ4v) is 2.01. The van der Waals surface area contributed by atoms with Gasteiger partial charge in [0.1, 0.15) is 12.1 Å². The molecule has 0 spiro atoms. The Labute approximate surface area is 117 Å². The first kappa shape index (κ1) is 11.9. The Morgan fingerprint density at radius 1 is 1.32 bits per heavy atom. The third kappa shape index (κ3) is 2.24. The smallest absolute Gasteiger partial charge is 0.255 e. The molecule has 0 amide bonds. The van der Waals surface area contributed by atoms with Gasteiger partial charge in [-0.05, 0) is 35.0 Å². The lowest BCUT2D eigenvalue weighted by molar-refractivity contribution is 0.443. The van der Waals surface area contributed by atoms with Crippen LogP contribution in [0.4, 0.5) is 5.69 Å². The summed E-state index contributed by atoms with van der Waals surface area (Å²) in [6, 6.07) is 7.15. The van der Waals surface area contributed by atoms with Crippen LogP contribution >= 0.6 is 15.9 Å². The molecule has 0 saturated heterocycles. The van der Waals surface area contributed by atoms with Crippen molar-refractivity contribution in [2.75, 3.05) is 5.73 Å². The molecule has 2 N–H and O–H groups in total. The van der Waals surface area contributed by atoms with Crippen molar-refractivity contribution in [3.05, 3.63) is 40.8 Å². The molecule has 0 saturated carbocycles. The van der Waals surface area contributed by atoms with E-state index in [4.69, 9.17) is 10.5 Å². The zero-order valence-electron chi connectivity index (χ0n) is 10.0. The predicted molar refractivity (Wildman–Crippen MR) is 74.1 cm³/mol. The van der Waals surface area contributed by atoms with E-state index < -0.39 is 0 Å². The van der Waals surface area contributed by atoms with Crippen LogP contribution < -0.4 is 10.5 Å². The van der Waals surface area contributed by atoms with Crippen molar-refractivity contribution in [1.82, 2.24) is 19.6 Å². The lowest BCUT2D eigenvalue weighted by atomic mass is 10.3. The molecule has 0 bridgehead atoms.